The molecule has 51 heavy (non-hydrogen) atoms. The summed E-state index contributed by atoms with van der Waals surface area (Å²) in [5.74, 6) is -0.314. The third-order valence-corrected chi connectivity index (χ3v) is 16.3. The fourth-order valence-electron chi connectivity index (χ4n) is 7.25. The van der Waals surface area contributed by atoms with E-state index >= 15 is 0 Å². The molecule has 2 aromatic heterocycles. The Morgan fingerprint density at radius 3 is 2.53 bits per heavy atom. The van der Waals surface area contributed by atoms with Gasteiger partial charge < -0.3 is 23.6 Å². The molecular weight excluding hydrogens is 685 g/mol. The average molecular weight is 730 g/mol. The van der Waals surface area contributed by atoms with Crippen molar-refractivity contribution in [1.29, 1.82) is 5.26 Å². The van der Waals surface area contributed by atoms with E-state index in [1.54, 1.807) is 24.7 Å². The van der Waals surface area contributed by atoms with Gasteiger partial charge in [-0.25, -0.2) is 9.65 Å². The highest BCUT2D eigenvalue weighted by atomic mass is 31.2. The van der Waals surface area contributed by atoms with E-state index in [9.17, 15) is 9.90 Å². The van der Waals surface area contributed by atoms with Crippen LogP contribution in [0.5, 0.6) is 5.88 Å². The molecule has 13 nitrogen and oxygen atoms in total. The van der Waals surface area contributed by atoms with Crippen LogP contribution in [0, 0.1) is 17.2 Å². The van der Waals surface area contributed by atoms with Gasteiger partial charge in [0.15, 0.2) is 11.2 Å². The molecule has 268 valence electrons. The van der Waals surface area contributed by atoms with Crippen LogP contribution in [0.3, 0.4) is 0 Å². The monoisotopic (exact) mass is 729 g/mol. The SMILES string of the molecule is CC(C)C(=O)Nc1nc(OCCC#N)c2ncn([C@H]3C[C@@H](O[P@@]4O[C@H](C[Si](C)(c5ccccc5)c5ccccc5)[C@@H]5CCCN54)[C@@H](CO)O3)c2n1. The zero-order valence-corrected chi connectivity index (χ0v) is 31.0. The molecule has 2 aromatic carbocycles. The Kier molecular flexibility index (Phi) is 10.8. The number of carbonyl (C=O) groups excluding carboxylic acids is 1. The number of nitriles is 1. The fourth-order valence-corrected chi connectivity index (χ4v) is 13.2. The number of nitrogens with one attached hydrogen (secondary N) is 1. The van der Waals surface area contributed by atoms with Crippen molar-refractivity contribution in [3.8, 4) is 11.9 Å². The molecule has 2 N–H and O–H groups in total. The van der Waals surface area contributed by atoms with Crippen molar-refractivity contribution < 1.29 is 28.4 Å². The van der Waals surface area contributed by atoms with E-state index in [4.69, 9.17) is 23.8 Å². The minimum atomic E-state index is -2.17. The molecule has 3 aliphatic heterocycles. The molecule has 0 saturated carbocycles. The Morgan fingerprint density at radius 2 is 1.86 bits per heavy atom. The summed E-state index contributed by atoms with van der Waals surface area (Å²) in [4.78, 5) is 26.0. The Morgan fingerprint density at radius 1 is 1.14 bits per heavy atom. The van der Waals surface area contributed by atoms with Gasteiger partial charge in [0.2, 0.25) is 17.7 Å². The summed E-state index contributed by atoms with van der Waals surface area (Å²) in [5, 5.41) is 25.0. The van der Waals surface area contributed by atoms with Gasteiger partial charge in [0, 0.05) is 24.9 Å². The fraction of sp³-hybridized carbons (Fsp3) is 0.472. The number of aromatic nitrogens is 4. The molecule has 5 heterocycles. The van der Waals surface area contributed by atoms with Crippen LogP contribution in [-0.2, 0) is 18.6 Å². The first-order valence-electron chi connectivity index (χ1n) is 17.6. The molecule has 3 aliphatic rings. The number of amides is 1. The maximum absolute atomic E-state index is 12.5. The third-order valence-electron chi connectivity index (χ3n) is 10.1. The van der Waals surface area contributed by atoms with E-state index < -0.39 is 35.0 Å². The molecule has 7 rings (SSSR count). The van der Waals surface area contributed by atoms with Crippen molar-refractivity contribution in [2.24, 2.45) is 5.92 Å². The zero-order valence-electron chi connectivity index (χ0n) is 29.1. The lowest BCUT2D eigenvalue weighted by atomic mass is 10.1. The highest BCUT2D eigenvalue weighted by Gasteiger charge is 2.52. The topological polar surface area (TPSA) is 157 Å². The van der Waals surface area contributed by atoms with Gasteiger partial charge in [-0.05, 0) is 18.9 Å². The van der Waals surface area contributed by atoms with Gasteiger partial charge in [-0.15, -0.1) is 0 Å². The van der Waals surface area contributed by atoms with Crippen LogP contribution in [0.4, 0.5) is 5.95 Å². The summed E-state index contributed by atoms with van der Waals surface area (Å²) in [6, 6.07) is 25.0. The van der Waals surface area contributed by atoms with E-state index in [1.807, 2.05) is 0 Å². The number of aliphatic hydroxyl groups is 1. The summed E-state index contributed by atoms with van der Waals surface area (Å²) >= 11 is 0. The molecule has 0 spiro atoms. The summed E-state index contributed by atoms with van der Waals surface area (Å²) in [5.41, 5.74) is 0.770. The number of aliphatic hydroxyl groups excluding tert-OH is 1. The van der Waals surface area contributed by atoms with Gasteiger partial charge in [0.25, 0.3) is 8.53 Å². The number of benzene rings is 2. The lowest BCUT2D eigenvalue weighted by molar-refractivity contribution is -0.118. The summed E-state index contributed by atoms with van der Waals surface area (Å²) in [6.45, 7) is 6.78. The molecule has 0 unspecified atom stereocenters. The smallest absolute Gasteiger partial charge is 0.259 e. The number of carbonyl (C=O) groups is 1. The quantitative estimate of drug-likeness (QED) is 0.115. The van der Waals surface area contributed by atoms with Crippen LogP contribution in [0.15, 0.2) is 67.0 Å². The second-order valence-electron chi connectivity index (χ2n) is 13.8. The maximum Gasteiger partial charge on any atom is 0.259 e. The maximum atomic E-state index is 12.5. The molecule has 15 heteroatoms. The molecule has 0 aliphatic carbocycles. The summed E-state index contributed by atoms with van der Waals surface area (Å²) in [6.07, 6.45) is 2.74. The molecule has 3 fully saturated rings. The van der Waals surface area contributed by atoms with Crippen molar-refractivity contribution in [3.05, 3.63) is 67.0 Å². The molecule has 3 saturated heterocycles. The summed E-state index contributed by atoms with van der Waals surface area (Å²) in [7, 11) is -3.55. The molecule has 1 amide bonds. The number of imidazole rings is 1. The molecule has 0 radical (unpaired) electrons. The van der Waals surface area contributed by atoms with Crippen LogP contribution < -0.4 is 20.4 Å². The zero-order chi connectivity index (χ0) is 35.5. The Bertz CT molecular complexity index is 1820. The third kappa shape index (κ3) is 7.30. The molecule has 4 aromatic rings. The normalized spacial score (nSPS) is 24.9. The van der Waals surface area contributed by atoms with Gasteiger partial charge in [0.05, 0.1) is 37.6 Å². The first-order chi connectivity index (χ1) is 24.8. The lowest BCUT2D eigenvalue weighted by Crippen LogP contribution is -2.58. The van der Waals surface area contributed by atoms with Gasteiger partial charge in [0.1, 0.15) is 27.0 Å². The number of rotatable bonds is 13. The molecule has 6 atom stereocenters. The number of hydrogen-bond acceptors (Lipinski definition) is 11. The van der Waals surface area contributed by atoms with Crippen LogP contribution >= 0.6 is 8.53 Å². The van der Waals surface area contributed by atoms with Crippen molar-refractivity contribution in [2.75, 3.05) is 25.1 Å². The van der Waals surface area contributed by atoms with Crippen LogP contribution in [0.2, 0.25) is 12.6 Å². The second-order valence-corrected chi connectivity index (χ2v) is 19.4. The van der Waals surface area contributed by atoms with Crippen LogP contribution in [-0.4, -0.2) is 87.4 Å². The Balaban J connectivity index is 1.11. The Hall–Kier alpha value is -3.80. The van der Waals surface area contributed by atoms with E-state index in [2.05, 4.69) is 98.2 Å². The largest absolute Gasteiger partial charge is 0.475 e. The minimum absolute atomic E-state index is 0.0228. The van der Waals surface area contributed by atoms with Crippen molar-refractivity contribution >= 4 is 50.0 Å². The predicted molar refractivity (Wildman–Crippen MR) is 195 cm³/mol. The number of anilines is 1. The van der Waals surface area contributed by atoms with Crippen molar-refractivity contribution in [2.45, 2.75) is 82.7 Å². The van der Waals surface area contributed by atoms with Gasteiger partial charge in [-0.1, -0.05) is 91.4 Å². The highest BCUT2D eigenvalue weighted by Crippen LogP contribution is 2.58. The van der Waals surface area contributed by atoms with E-state index in [0.29, 0.717) is 17.6 Å². The predicted octanol–water partition coefficient (Wildman–Crippen LogP) is 4.36. The van der Waals surface area contributed by atoms with E-state index in [0.717, 1.165) is 25.4 Å². The minimum Gasteiger partial charge on any atom is -0.475 e. The van der Waals surface area contributed by atoms with Crippen molar-refractivity contribution in [1.82, 2.24) is 24.2 Å². The first kappa shape index (κ1) is 35.6. The van der Waals surface area contributed by atoms with Gasteiger partial charge in [-0.3, -0.25) is 14.7 Å². The highest BCUT2D eigenvalue weighted by molar-refractivity contribution is 7.45. The number of nitrogens with zero attached hydrogens (tertiary/aromatic N) is 6. The van der Waals surface area contributed by atoms with Crippen LogP contribution in [0.25, 0.3) is 11.2 Å². The van der Waals surface area contributed by atoms with E-state index in [-0.39, 0.29) is 55.4 Å². The number of ether oxygens (including phenoxy) is 2. The number of fused-ring (bicyclic) bond motifs is 2. The number of hydrogen-bond donors (Lipinski definition) is 2. The Labute approximate surface area is 299 Å². The average Bonchev–Trinajstić information content (AvgIpc) is 3.94. The van der Waals surface area contributed by atoms with Gasteiger partial charge >= 0.3 is 0 Å². The second kappa shape index (κ2) is 15.4. The summed E-state index contributed by atoms with van der Waals surface area (Å²) < 4.78 is 30.0. The van der Waals surface area contributed by atoms with E-state index in [1.165, 1.54) is 10.4 Å². The van der Waals surface area contributed by atoms with Gasteiger partial charge in [-0.2, -0.15) is 15.2 Å². The standard InChI is InChI=1S/C36H44N7O6PSi/c1-24(2)34(45)40-36-39-33-32(35(41-36)46-19-11-17-37)38-23-42(33)31-20-28(29(21-44)47-31)48-50-43-18-10-16-27(43)30(49-50)22-51(3,25-12-6-4-7-13-25)26-14-8-5-9-15-26/h4-9,12-15,23-24,27-31,44H,10-11,16,18-22H2,1-3H3,(H,39,40,41,45)/t27-,28+,29+,30+,31+,50-/m0/s1. The lowest BCUT2D eigenvalue weighted by Gasteiger charge is -2.32. The molecular formula is C36H44N7O6PSi. The van der Waals surface area contributed by atoms with Crippen LogP contribution in [0.1, 0.15) is 45.8 Å². The van der Waals surface area contributed by atoms with Crippen molar-refractivity contribution in [3.63, 3.8) is 0 Å². The molecule has 0 bridgehead atoms. The first-order valence-corrected chi connectivity index (χ1v) is 21.5.